The van der Waals surface area contributed by atoms with Crippen LogP contribution in [-0.4, -0.2) is 12.5 Å². The summed E-state index contributed by atoms with van der Waals surface area (Å²) in [6.45, 7) is 4.96. The van der Waals surface area contributed by atoms with Crippen LogP contribution in [0.15, 0.2) is 18.2 Å². The Balaban J connectivity index is 2.31. The molecule has 1 amide bonds. The highest BCUT2D eigenvalue weighted by atomic mass is 16.2. The van der Waals surface area contributed by atoms with E-state index in [9.17, 15) is 4.79 Å². The van der Waals surface area contributed by atoms with Gasteiger partial charge in [0.1, 0.15) is 0 Å². The number of para-hydroxylation sites is 1. The van der Waals surface area contributed by atoms with Gasteiger partial charge in [-0.1, -0.05) is 18.2 Å². The molecule has 0 aliphatic carbocycles. The van der Waals surface area contributed by atoms with Crippen LogP contribution in [0.5, 0.6) is 0 Å². The van der Waals surface area contributed by atoms with Crippen LogP contribution in [0.2, 0.25) is 0 Å². The summed E-state index contributed by atoms with van der Waals surface area (Å²) >= 11 is 0. The summed E-state index contributed by atoms with van der Waals surface area (Å²) in [5.74, 6) is 0.268. The van der Waals surface area contributed by atoms with Crippen molar-refractivity contribution in [2.45, 2.75) is 32.1 Å². The lowest BCUT2D eigenvalue weighted by molar-refractivity contribution is -0.122. The molecule has 0 radical (unpaired) electrons. The third kappa shape index (κ3) is 0.969. The maximum Gasteiger partial charge on any atom is 0.237 e. The Kier molecular flexibility index (Phi) is 1.57. The van der Waals surface area contributed by atoms with Crippen molar-refractivity contribution in [3.8, 4) is 0 Å². The molecule has 0 spiro atoms. The molecule has 0 atom stereocenters. The molecular formula is C13H15NO. The number of rotatable bonds is 0. The van der Waals surface area contributed by atoms with Gasteiger partial charge in [-0.15, -0.1) is 0 Å². The first-order chi connectivity index (χ1) is 7.12. The van der Waals surface area contributed by atoms with Crippen LogP contribution in [0.25, 0.3) is 0 Å². The molecule has 3 rings (SSSR count). The predicted octanol–water partition coefficient (Wildman–Crippen LogP) is 2.26. The predicted molar refractivity (Wildman–Crippen MR) is 60.1 cm³/mol. The largest absolute Gasteiger partial charge is 0.311 e. The summed E-state index contributed by atoms with van der Waals surface area (Å²) in [4.78, 5) is 14.2. The quantitative estimate of drug-likeness (QED) is 0.630. The van der Waals surface area contributed by atoms with Gasteiger partial charge in [-0.25, -0.2) is 0 Å². The number of carbonyl (C=O) groups excluding carboxylic acids is 1. The fourth-order valence-electron chi connectivity index (χ4n) is 2.81. The zero-order chi connectivity index (χ0) is 10.6. The summed E-state index contributed by atoms with van der Waals surface area (Å²) in [5, 5.41) is 0. The van der Waals surface area contributed by atoms with E-state index in [1.807, 2.05) is 18.7 Å². The van der Waals surface area contributed by atoms with Crippen LogP contribution in [0.4, 0.5) is 5.69 Å². The Morgan fingerprint density at radius 3 is 2.93 bits per heavy atom. The number of nitrogens with zero attached hydrogens (tertiary/aromatic N) is 1. The minimum Gasteiger partial charge on any atom is -0.311 e. The number of amides is 1. The molecule has 0 saturated heterocycles. The minimum absolute atomic E-state index is 0.268. The third-order valence-electron chi connectivity index (χ3n) is 3.67. The van der Waals surface area contributed by atoms with Crippen molar-refractivity contribution < 1.29 is 4.79 Å². The van der Waals surface area contributed by atoms with Gasteiger partial charge in [-0.05, 0) is 37.8 Å². The molecule has 0 saturated carbocycles. The monoisotopic (exact) mass is 201 g/mol. The van der Waals surface area contributed by atoms with Gasteiger partial charge in [0, 0.05) is 6.54 Å². The van der Waals surface area contributed by atoms with Crippen LogP contribution in [-0.2, 0) is 16.6 Å². The molecule has 0 unspecified atom stereocenters. The lowest BCUT2D eigenvalue weighted by Gasteiger charge is -2.25. The van der Waals surface area contributed by atoms with E-state index in [1.54, 1.807) is 0 Å². The molecule has 2 heteroatoms. The minimum atomic E-state index is -0.324. The zero-order valence-electron chi connectivity index (χ0n) is 9.21. The Hall–Kier alpha value is -1.31. The second-order valence-corrected chi connectivity index (χ2v) is 5.00. The molecule has 2 nitrogen and oxygen atoms in total. The van der Waals surface area contributed by atoms with Gasteiger partial charge in [0.15, 0.2) is 0 Å². The molecule has 0 aromatic heterocycles. The molecule has 0 fully saturated rings. The van der Waals surface area contributed by atoms with Gasteiger partial charge >= 0.3 is 0 Å². The Morgan fingerprint density at radius 1 is 1.33 bits per heavy atom. The van der Waals surface area contributed by atoms with E-state index in [2.05, 4.69) is 18.2 Å². The van der Waals surface area contributed by atoms with E-state index in [0.717, 1.165) is 19.4 Å². The first kappa shape index (κ1) is 8.96. The Labute approximate surface area is 89.9 Å². The molecule has 1 aromatic carbocycles. The zero-order valence-corrected chi connectivity index (χ0v) is 9.21. The molecule has 1 aromatic rings. The first-order valence-corrected chi connectivity index (χ1v) is 5.57. The van der Waals surface area contributed by atoms with Gasteiger partial charge < -0.3 is 4.90 Å². The van der Waals surface area contributed by atoms with Crippen molar-refractivity contribution in [3.63, 3.8) is 0 Å². The lowest BCUT2D eigenvalue weighted by Crippen LogP contribution is -2.38. The maximum atomic E-state index is 12.2. The molecule has 78 valence electrons. The third-order valence-corrected chi connectivity index (χ3v) is 3.67. The van der Waals surface area contributed by atoms with E-state index in [1.165, 1.54) is 16.8 Å². The van der Waals surface area contributed by atoms with Crippen LogP contribution >= 0.6 is 0 Å². The topological polar surface area (TPSA) is 20.3 Å². The highest BCUT2D eigenvalue weighted by molar-refractivity contribution is 6.08. The normalized spacial score (nSPS) is 21.7. The van der Waals surface area contributed by atoms with Crippen molar-refractivity contribution >= 4 is 11.6 Å². The number of carbonyl (C=O) groups is 1. The molecule has 2 aliphatic heterocycles. The van der Waals surface area contributed by atoms with Crippen molar-refractivity contribution in [1.29, 1.82) is 0 Å². The van der Waals surface area contributed by atoms with E-state index in [-0.39, 0.29) is 11.3 Å². The number of aryl methyl sites for hydroxylation is 1. The summed E-state index contributed by atoms with van der Waals surface area (Å²) in [5.41, 5.74) is 3.44. The van der Waals surface area contributed by atoms with Crippen LogP contribution in [0.1, 0.15) is 31.4 Å². The van der Waals surface area contributed by atoms with Crippen LogP contribution < -0.4 is 4.90 Å². The second-order valence-electron chi connectivity index (χ2n) is 5.00. The highest BCUT2D eigenvalue weighted by Crippen LogP contribution is 2.45. The van der Waals surface area contributed by atoms with Gasteiger partial charge in [0.25, 0.3) is 0 Å². The van der Waals surface area contributed by atoms with Crippen molar-refractivity contribution in [2.75, 3.05) is 11.4 Å². The lowest BCUT2D eigenvalue weighted by atomic mass is 9.85. The van der Waals surface area contributed by atoms with Gasteiger partial charge in [0.05, 0.1) is 11.1 Å². The van der Waals surface area contributed by atoms with Crippen molar-refractivity contribution in [1.82, 2.24) is 0 Å². The van der Waals surface area contributed by atoms with Crippen LogP contribution in [0, 0.1) is 0 Å². The molecule has 2 aliphatic rings. The Morgan fingerprint density at radius 2 is 2.13 bits per heavy atom. The standard InChI is InChI=1S/C13H15NO/c1-13(2)10-7-3-5-9-6-4-8-14(11(9)10)12(13)15/h3,5,7H,4,6,8H2,1-2H3. The molecule has 0 N–H and O–H groups in total. The van der Waals surface area contributed by atoms with E-state index < -0.39 is 0 Å². The molecule has 2 heterocycles. The van der Waals surface area contributed by atoms with Gasteiger partial charge in [0.2, 0.25) is 5.91 Å². The number of benzene rings is 1. The summed E-state index contributed by atoms with van der Waals surface area (Å²) in [7, 11) is 0. The van der Waals surface area contributed by atoms with E-state index in [4.69, 9.17) is 0 Å². The number of anilines is 1. The smallest absolute Gasteiger partial charge is 0.237 e. The molecule has 0 bridgehead atoms. The van der Waals surface area contributed by atoms with Gasteiger partial charge in [-0.2, -0.15) is 0 Å². The second kappa shape index (κ2) is 2.63. The van der Waals surface area contributed by atoms with Gasteiger partial charge in [-0.3, -0.25) is 4.79 Å². The average Bonchev–Trinajstić information content (AvgIpc) is 2.43. The number of hydrogen-bond acceptors (Lipinski definition) is 1. The molecule has 15 heavy (non-hydrogen) atoms. The summed E-state index contributed by atoms with van der Waals surface area (Å²) in [6.07, 6.45) is 2.21. The Bertz CT molecular complexity index is 448. The SMILES string of the molecule is CC1(C)C(=O)N2CCCc3cccc1c32. The average molecular weight is 201 g/mol. The molecular weight excluding hydrogens is 186 g/mol. The fraction of sp³-hybridized carbons (Fsp3) is 0.462. The number of hydrogen-bond donors (Lipinski definition) is 0. The van der Waals surface area contributed by atoms with Crippen LogP contribution in [0.3, 0.4) is 0 Å². The van der Waals surface area contributed by atoms with Crippen molar-refractivity contribution in [3.05, 3.63) is 29.3 Å². The fourth-order valence-corrected chi connectivity index (χ4v) is 2.81. The summed E-state index contributed by atoms with van der Waals surface area (Å²) < 4.78 is 0. The van der Waals surface area contributed by atoms with E-state index >= 15 is 0 Å². The summed E-state index contributed by atoms with van der Waals surface area (Å²) in [6, 6.07) is 6.33. The maximum absolute atomic E-state index is 12.2. The van der Waals surface area contributed by atoms with E-state index in [0.29, 0.717) is 0 Å². The van der Waals surface area contributed by atoms with Crippen molar-refractivity contribution in [2.24, 2.45) is 0 Å². The first-order valence-electron chi connectivity index (χ1n) is 5.57. The highest BCUT2D eigenvalue weighted by Gasteiger charge is 2.45.